The Balaban J connectivity index is 1.82. The van der Waals surface area contributed by atoms with E-state index < -0.39 is 6.04 Å². The molecule has 176 valence electrons. The topological polar surface area (TPSA) is 99.9 Å². The number of thiocarbonyl (C=S) groups is 1. The summed E-state index contributed by atoms with van der Waals surface area (Å²) in [6, 6.07) is 13.9. The number of amides is 1. The second kappa shape index (κ2) is 9.56. The van der Waals surface area contributed by atoms with Gasteiger partial charge in [-0.05, 0) is 75.3 Å². The van der Waals surface area contributed by atoms with Crippen LogP contribution in [0.1, 0.15) is 36.8 Å². The summed E-state index contributed by atoms with van der Waals surface area (Å²) >= 11 is 5.73. The second-order valence-electron chi connectivity index (χ2n) is 7.99. The molecule has 1 atom stereocenters. The Labute approximate surface area is 203 Å². The molecule has 3 N–H and O–H groups in total. The van der Waals surface area contributed by atoms with Crippen molar-refractivity contribution in [1.82, 2.24) is 10.5 Å². The first-order chi connectivity index (χ1) is 16.3. The minimum absolute atomic E-state index is 0.0233. The number of carbonyl (C=O) groups is 1. The molecule has 1 aromatic heterocycles. The molecule has 0 bridgehead atoms. The molecule has 0 saturated carbocycles. The third kappa shape index (κ3) is 4.60. The summed E-state index contributed by atoms with van der Waals surface area (Å²) in [4.78, 5) is 15.4. The van der Waals surface area contributed by atoms with Crippen LogP contribution in [0.4, 0.5) is 11.5 Å². The predicted molar refractivity (Wildman–Crippen MR) is 134 cm³/mol. The van der Waals surface area contributed by atoms with Gasteiger partial charge in [0.2, 0.25) is 0 Å². The Hall–Kier alpha value is -3.85. The molecule has 2 aromatic carbocycles. The Morgan fingerprint density at radius 1 is 1.24 bits per heavy atom. The van der Waals surface area contributed by atoms with Gasteiger partial charge in [-0.1, -0.05) is 23.4 Å². The molecule has 0 fully saturated rings. The highest BCUT2D eigenvalue weighted by molar-refractivity contribution is 7.80. The van der Waals surface area contributed by atoms with E-state index in [-0.39, 0.29) is 11.7 Å². The average molecular weight is 479 g/mol. The van der Waals surface area contributed by atoms with E-state index in [4.69, 9.17) is 21.5 Å². The van der Waals surface area contributed by atoms with E-state index in [9.17, 15) is 9.90 Å². The van der Waals surface area contributed by atoms with Crippen molar-refractivity contribution in [1.29, 1.82) is 0 Å². The summed E-state index contributed by atoms with van der Waals surface area (Å²) in [7, 11) is 0. The van der Waals surface area contributed by atoms with E-state index in [1.807, 2.05) is 49.9 Å². The summed E-state index contributed by atoms with van der Waals surface area (Å²) in [5.41, 5.74) is 3.75. The van der Waals surface area contributed by atoms with Crippen molar-refractivity contribution < 1.29 is 19.2 Å². The lowest BCUT2D eigenvalue weighted by atomic mass is 9.93. The average Bonchev–Trinajstić information content (AvgIpc) is 3.19. The molecule has 34 heavy (non-hydrogen) atoms. The molecule has 0 radical (unpaired) electrons. The highest BCUT2D eigenvalue weighted by atomic mass is 32.1. The van der Waals surface area contributed by atoms with Crippen molar-refractivity contribution in [2.75, 3.05) is 16.8 Å². The fraction of sp³-hybridized carbons (Fsp3) is 0.240. The lowest BCUT2D eigenvalue weighted by Crippen LogP contribution is -2.48. The molecular formula is C25H26N4O4S. The predicted octanol–water partition coefficient (Wildman–Crippen LogP) is 4.74. The Kier molecular flexibility index (Phi) is 6.56. The van der Waals surface area contributed by atoms with Crippen LogP contribution in [0.15, 0.2) is 64.3 Å². The maximum absolute atomic E-state index is 13.6. The number of hydrogen-bond acceptors (Lipinski definition) is 6. The van der Waals surface area contributed by atoms with Crippen LogP contribution < -0.4 is 20.3 Å². The smallest absolute Gasteiger partial charge is 0.257 e. The highest BCUT2D eigenvalue weighted by Gasteiger charge is 2.35. The van der Waals surface area contributed by atoms with Gasteiger partial charge in [-0.15, -0.1) is 0 Å². The van der Waals surface area contributed by atoms with Crippen LogP contribution in [0.5, 0.6) is 11.5 Å². The molecule has 0 saturated heterocycles. The maximum Gasteiger partial charge on any atom is 0.257 e. The van der Waals surface area contributed by atoms with E-state index >= 15 is 0 Å². The number of hydrogen-bond donors (Lipinski definition) is 3. The molecule has 1 aliphatic rings. The first-order valence-corrected chi connectivity index (χ1v) is 11.3. The normalized spacial score (nSPS) is 15.8. The summed E-state index contributed by atoms with van der Waals surface area (Å²) < 4.78 is 10.7. The number of carbonyl (C=O) groups excluding carboxylic acids is 1. The van der Waals surface area contributed by atoms with Gasteiger partial charge in [-0.3, -0.25) is 9.69 Å². The summed E-state index contributed by atoms with van der Waals surface area (Å²) in [6.07, 6.45) is 0. The van der Waals surface area contributed by atoms with Gasteiger partial charge >= 0.3 is 0 Å². The third-order valence-electron chi connectivity index (χ3n) is 5.48. The number of aromatic hydroxyl groups is 1. The number of benzene rings is 2. The van der Waals surface area contributed by atoms with Crippen LogP contribution in [0.25, 0.3) is 0 Å². The number of anilines is 2. The minimum atomic E-state index is -0.582. The number of aryl methyl sites for hydroxylation is 2. The molecule has 9 heteroatoms. The molecule has 8 nitrogen and oxygen atoms in total. The number of nitrogens with one attached hydrogen (secondary N) is 2. The van der Waals surface area contributed by atoms with Crippen molar-refractivity contribution in [3.05, 3.63) is 76.7 Å². The standard InChI is InChI=1S/C25H26N4O4S/c1-5-32-20-13-17(9-10-19(20)30)23-22(24(31)26-21-12-15(3)33-28-21)16(4)29(25(34)27-23)18-8-6-7-14(2)11-18/h6-13,23,30H,5H2,1-4H3,(H,27,34)(H,26,28,31). The number of ether oxygens (including phenoxy) is 1. The van der Waals surface area contributed by atoms with Crippen molar-refractivity contribution in [2.45, 2.75) is 33.7 Å². The lowest BCUT2D eigenvalue weighted by Gasteiger charge is -2.38. The lowest BCUT2D eigenvalue weighted by molar-refractivity contribution is -0.113. The fourth-order valence-electron chi connectivity index (χ4n) is 3.96. The van der Waals surface area contributed by atoms with E-state index in [0.29, 0.717) is 45.9 Å². The number of nitrogens with zero attached hydrogens (tertiary/aromatic N) is 2. The zero-order chi connectivity index (χ0) is 24.4. The van der Waals surface area contributed by atoms with Gasteiger partial charge in [0.25, 0.3) is 5.91 Å². The molecular weight excluding hydrogens is 452 g/mol. The largest absolute Gasteiger partial charge is 0.504 e. The van der Waals surface area contributed by atoms with E-state index in [1.54, 1.807) is 31.2 Å². The highest BCUT2D eigenvalue weighted by Crippen LogP contribution is 2.37. The SMILES string of the molecule is CCOc1cc(C2NC(=S)N(c3cccc(C)c3)C(C)=C2C(=O)Nc2cc(C)on2)ccc1O. The minimum Gasteiger partial charge on any atom is -0.504 e. The molecule has 0 spiro atoms. The van der Waals surface area contributed by atoms with Crippen LogP contribution in [0.3, 0.4) is 0 Å². The van der Waals surface area contributed by atoms with E-state index in [0.717, 1.165) is 11.3 Å². The van der Waals surface area contributed by atoms with Crippen molar-refractivity contribution >= 4 is 34.7 Å². The van der Waals surface area contributed by atoms with Crippen LogP contribution in [0, 0.1) is 13.8 Å². The van der Waals surface area contributed by atoms with Crippen molar-refractivity contribution in [2.24, 2.45) is 0 Å². The molecule has 3 aromatic rings. The molecule has 1 amide bonds. The Morgan fingerprint density at radius 3 is 2.71 bits per heavy atom. The number of allylic oxidation sites excluding steroid dienone is 1. The van der Waals surface area contributed by atoms with Crippen LogP contribution in [0.2, 0.25) is 0 Å². The van der Waals surface area contributed by atoms with Crippen LogP contribution in [-0.4, -0.2) is 27.9 Å². The van der Waals surface area contributed by atoms with Gasteiger partial charge in [0.15, 0.2) is 22.4 Å². The van der Waals surface area contributed by atoms with Crippen LogP contribution >= 0.6 is 12.2 Å². The van der Waals surface area contributed by atoms with Gasteiger partial charge in [-0.25, -0.2) is 0 Å². The summed E-state index contributed by atoms with van der Waals surface area (Å²) in [6.45, 7) is 7.83. The fourth-order valence-corrected chi connectivity index (χ4v) is 4.32. The zero-order valence-corrected chi connectivity index (χ0v) is 20.2. The molecule has 4 rings (SSSR count). The summed E-state index contributed by atoms with van der Waals surface area (Å²) in [5.74, 6) is 0.905. The second-order valence-corrected chi connectivity index (χ2v) is 8.38. The van der Waals surface area contributed by atoms with Crippen molar-refractivity contribution in [3.63, 3.8) is 0 Å². The molecule has 1 aliphatic heterocycles. The van der Waals surface area contributed by atoms with Gasteiger partial charge in [0.05, 0.1) is 18.2 Å². The molecule has 1 unspecified atom stereocenters. The van der Waals surface area contributed by atoms with Gasteiger partial charge in [0, 0.05) is 17.5 Å². The van der Waals surface area contributed by atoms with Crippen LogP contribution in [-0.2, 0) is 4.79 Å². The third-order valence-corrected chi connectivity index (χ3v) is 5.78. The van der Waals surface area contributed by atoms with E-state index in [2.05, 4.69) is 15.8 Å². The van der Waals surface area contributed by atoms with Gasteiger partial charge < -0.3 is 25.0 Å². The summed E-state index contributed by atoms with van der Waals surface area (Å²) in [5, 5.41) is 20.6. The first-order valence-electron chi connectivity index (χ1n) is 10.9. The number of rotatable bonds is 6. The number of aromatic nitrogens is 1. The Bertz CT molecular complexity index is 1280. The first kappa shape index (κ1) is 23.3. The quantitative estimate of drug-likeness (QED) is 0.437. The zero-order valence-electron chi connectivity index (χ0n) is 19.4. The van der Waals surface area contributed by atoms with Gasteiger partial charge in [-0.2, -0.15) is 0 Å². The Morgan fingerprint density at radius 2 is 2.03 bits per heavy atom. The van der Waals surface area contributed by atoms with Gasteiger partial charge in [0.1, 0.15) is 5.76 Å². The molecule has 2 heterocycles. The maximum atomic E-state index is 13.6. The number of phenols is 1. The van der Waals surface area contributed by atoms with Crippen molar-refractivity contribution in [3.8, 4) is 11.5 Å². The van der Waals surface area contributed by atoms with E-state index in [1.165, 1.54) is 0 Å². The number of phenolic OH excluding ortho intramolecular Hbond substituents is 1. The monoisotopic (exact) mass is 478 g/mol. The molecule has 0 aliphatic carbocycles.